The van der Waals surface area contributed by atoms with E-state index in [0.717, 1.165) is 12.5 Å². The van der Waals surface area contributed by atoms with E-state index in [-0.39, 0.29) is 0 Å². The second-order valence-corrected chi connectivity index (χ2v) is 9.29. The summed E-state index contributed by atoms with van der Waals surface area (Å²) < 4.78 is 0. The maximum Gasteiger partial charge on any atom is 0.0794 e. The lowest BCUT2D eigenvalue weighted by Crippen LogP contribution is -2.43. The molecule has 1 saturated carbocycles. The lowest BCUT2D eigenvalue weighted by molar-refractivity contribution is 0.0852. The Hall–Kier alpha value is -0.410. The second kappa shape index (κ2) is 6.78. The van der Waals surface area contributed by atoms with Crippen molar-refractivity contribution in [2.75, 3.05) is 6.54 Å². The van der Waals surface area contributed by atoms with Crippen molar-refractivity contribution in [1.29, 1.82) is 0 Å². The molecule has 120 valence electrons. The summed E-state index contributed by atoms with van der Waals surface area (Å²) in [6, 6.07) is 0.573. The van der Waals surface area contributed by atoms with Gasteiger partial charge in [0.2, 0.25) is 0 Å². The summed E-state index contributed by atoms with van der Waals surface area (Å²) >= 11 is 1.82. The van der Waals surface area contributed by atoms with Gasteiger partial charge in [-0.1, -0.05) is 34.6 Å². The molecule has 2 rings (SSSR count). The normalized spacial score (nSPS) is 27.2. The van der Waals surface area contributed by atoms with Gasteiger partial charge in [-0.05, 0) is 48.9 Å². The third-order valence-electron chi connectivity index (χ3n) is 5.19. The van der Waals surface area contributed by atoms with Crippen molar-refractivity contribution < 1.29 is 0 Å². The summed E-state index contributed by atoms with van der Waals surface area (Å²) in [4.78, 5) is 5.72. The van der Waals surface area contributed by atoms with Crippen LogP contribution in [0.25, 0.3) is 0 Å². The van der Waals surface area contributed by atoms with Crippen LogP contribution in [0.3, 0.4) is 0 Å². The van der Waals surface area contributed by atoms with Crippen molar-refractivity contribution in [3.63, 3.8) is 0 Å². The van der Waals surface area contributed by atoms with Crippen LogP contribution in [-0.2, 0) is 6.42 Å². The standard InChI is InChI=1S/C18H32N2S/c1-14(2)20-12-18(10-16-11-19-13-21-16)8-6-15(7-9-18)17(3,4)5/h11,13-15,20H,6-10,12H2,1-5H3. The number of thiazole rings is 1. The molecule has 0 bridgehead atoms. The fraction of sp³-hybridized carbons (Fsp3) is 0.833. The summed E-state index contributed by atoms with van der Waals surface area (Å²) in [5.74, 6) is 0.881. The average molecular weight is 309 g/mol. The van der Waals surface area contributed by atoms with Crippen LogP contribution in [0.2, 0.25) is 0 Å². The highest BCUT2D eigenvalue weighted by Crippen LogP contribution is 2.46. The van der Waals surface area contributed by atoms with Gasteiger partial charge in [-0.15, -0.1) is 11.3 Å². The highest BCUT2D eigenvalue weighted by Gasteiger charge is 2.38. The summed E-state index contributed by atoms with van der Waals surface area (Å²) in [6.45, 7) is 12.9. The Balaban J connectivity index is 2.04. The quantitative estimate of drug-likeness (QED) is 0.836. The molecule has 1 N–H and O–H groups in total. The van der Waals surface area contributed by atoms with E-state index in [1.54, 1.807) is 0 Å². The van der Waals surface area contributed by atoms with E-state index in [4.69, 9.17) is 0 Å². The van der Waals surface area contributed by atoms with Crippen LogP contribution >= 0.6 is 11.3 Å². The van der Waals surface area contributed by atoms with Crippen LogP contribution in [0.1, 0.15) is 65.2 Å². The first-order valence-corrected chi connectivity index (χ1v) is 9.29. The van der Waals surface area contributed by atoms with Gasteiger partial charge in [0.15, 0.2) is 0 Å². The second-order valence-electron chi connectivity index (χ2n) is 8.32. The third-order valence-corrected chi connectivity index (χ3v) is 5.97. The summed E-state index contributed by atoms with van der Waals surface area (Å²) in [5, 5.41) is 3.71. The fourth-order valence-electron chi connectivity index (χ4n) is 3.63. The SMILES string of the molecule is CC(C)NCC1(Cc2cncs2)CCC(C(C)(C)C)CC1. The number of nitrogens with zero attached hydrogens (tertiary/aromatic N) is 1. The van der Waals surface area contributed by atoms with Crippen molar-refractivity contribution in [3.8, 4) is 0 Å². The summed E-state index contributed by atoms with van der Waals surface area (Å²) in [7, 11) is 0. The molecule has 1 fully saturated rings. The zero-order valence-corrected chi connectivity index (χ0v) is 15.2. The van der Waals surface area contributed by atoms with Gasteiger partial charge in [0, 0.05) is 23.7 Å². The fourth-order valence-corrected chi connectivity index (χ4v) is 4.40. The van der Waals surface area contributed by atoms with Crippen molar-refractivity contribution in [3.05, 3.63) is 16.6 Å². The Bertz CT molecular complexity index is 409. The molecular weight excluding hydrogens is 276 g/mol. The minimum absolute atomic E-state index is 0.443. The molecule has 1 heterocycles. The molecule has 1 aliphatic rings. The van der Waals surface area contributed by atoms with Gasteiger partial charge in [0.25, 0.3) is 0 Å². The Labute approximate surface area is 134 Å². The molecule has 2 nitrogen and oxygen atoms in total. The van der Waals surface area contributed by atoms with Crippen LogP contribution in [-0.4, -0.2) is 17.6 Å². The van der Waals surface area contributed by atoms with E-state index >= 15 is 0 Å². The highest BCUT2D eigenvalue weighted by atomic mass is 32.1. The molecule has 0 aromatic carbocycles. The molecule has 0 spiro atoms. The Morgan fingerprint density at radius 2 is 2.00 bits per heavy atom. The van der Waals surface area contributed by atoms with E-state index < -0.39 is 0 Å². The number of hydrogen-bond acceptors (Lipinski definition) is 3. The monoisotopic (exact) mass is 308 g/mol. The highest BCUT2D eigenvalue weighted by molar-refractivity contribution is 7.09. The molecule has 3 heteroatoms. The van der Waals surface area contributed by atoms with Gasteiger partial charge >= 0.3 is 0 Å². The first-order chi connectivity index (χ1) is 9.81. The van der Waals surface area contributed by atoms with Crippen molar-refractivity contribution in [1.82, 2.24) is 10.3 Å². The van der Waals surface area contributed by atoms with Crippen molar-refractivity contribution in [2.24, 2.45) is 16.7 Å². The van der Waals surface area contributed by atoms with Crippen LogP contribution in [0, 0.1) is 16.7 Å². The predicted octanol–water partition coefficient (Wildman–Crippen LogP) is 4.91. The topological polar surface area (TPSA) is 24.9 Å². The predicted molar refractivity (Wildman–Crippen MR) is 92.8 cm³/mol. The maximum atomic E-state index is 4.27. The number of rotatable bonds is 5. The molecule has 1 aromatic heterocycles. The van der Waals surface area contributed by atoms with Crippen LogP contribution < -0.4 is 5.32 Å². The van der Waals surface area contributed by atoms with Gasteiger partial charge in [0.1, 0.15) is 0 Å². The molecule has 0 unspecified atom stereocenters. The first-order valence-electron chi connectivity index (χ1n) is 8.41. The van der Waals surface area contributed by atoms with Gasteiger partial charge in [-0.25, -0.2) is 0 Å². The minimum atomic E-state index is 0.443. The Morgan fingerprint density at radius 1 is 1.33 bits per heavy atom. The van der Waals surface area contributed by atoms with Crippen molar-refractivity contribution in [2.45, 2.75) is 72.8 Å². The molecule has 1 aliphatic carbocycles. The van der Waals surface area contributed by atoms with Gasteiger partial charge in [0.05, 0.1) is 5.51 Å². The summed E-state index contributed by atoms with van der Waals surface area (Å²) in [6.07, 6.45) is 8.73. The lowest BCUT2D eigenvalue weighted by Gasteiger charge is -2.44. The Morgan fingerprint density at radius 3 is 2.48 bits per heavy atom. The third kappa shape index (κ3) is 4.79. The first kappa shape index (κ1) is 17.0. The summed E-state index contributed by atoms with van der Waals surface area (Å²) in [5.41, 5.74) is 2.88. The van der Waals surface area contributed by atoms with E-state index in [1.807, 2.05) is 16.8 Å². The van der Waals surface area contributed by atoms with Crippen LogP contribution in [0.15, 0.2) is 11.7 Å². The Kier molecular flexibility index (Phi) is 5.48. The number of aromatic nitrogens is 1. The average Bonchev–Trinajstić information content (AvgIpc) is 2.89. The van der Waals surface area contributed by atoms with E-state index in [0.29, 0.717) is 16.9 Å². The molecule has 0 saturated heterocycles. The molecule has 0 aliphatic heterocycles. The molecule has 1 aromatic rings. The lowest BCUT2D eigenvalue weighted by atomic mass is 9.63. The van der Waals surface area contributed by atoms with Crippen LogP contribution in [0.5, 0.6) is 0 Å². The van der Waals surface area contributed by atoms with E-state index in [1.165, 1.54) is 37.0 Å². The maximum absolute atomic E-state index is 4.27. The van der Waals surface area contributed by atoms with Gasteiger partial charge in [-0.2, -0.15) is 0 Å². The smallest absolute Gasteiger partial charge is 0.0794 e. The molecule has 21 heavy (non-hydrogen) atoms. The van der Waals surface area contributed by atoms with E-state index in [9.17, 15) is 0 Å². The van der Waals surface area contributed by atoms with E-state index in [2.05, 4.69) is 51.1 Å². The zero-order valence-electron chi connectivity index (χ0n) is 14.4. The molecule has 0 atom stereocenters. The number of hydrogen-bond donors (Lipinski definition) is 1. The zero-order chi connectivity index (χ0) is 15.5. The molecule has 0 radical (unpaired) electrons. The van der Waals surface area contributed by atoms with Crippen LogP contribution in [0.4, 0.5) is 0 Å². The van der Waals surface area contributed by atoms with Gasteiger partial charge < -0.3 is 5.32 Å². The number of nitrogens with one attached hydrogen (secondary N) is 1. The van der Waals surface area contributed by atoms with Crippen molar-refractivity contribution >= 4 is 11.3 Å². The molecular formula is C18H32N2S. The molecule has 0 amide bonds. The minimum Gasteiger partial charge on any atom is -0.314 e. The van der Waals surface area contributed by atoms with Gasteiger partial charge in [-0.3, -0.25) is 4.98 Å². The largest absolute Gasteiger partial charge is 0.314 e.